The molecule has 0 aromatic heterocycles. The summed E-state index contributed by atoms with van der Waals surface area (Å²) < 4.78 is 5.27. The average molecular weight is 268 g/mol. The number of nitrogens with two attached hydrogens (primary N) is 1. The molecule has 0 radical (unpaired) electrons. The lowest BCUT2D eigenvalue weighted by Crippen LogP contribution is -2.51. The number of thioether (sulfide) groups is 1. The summed E-state index contributed by atoms with van der Waals surface area (Å²) in [5, 5.41) is 2.97. The van der Waals surface area contributed by atoms with Gasteiger partial charge < -0.3 is 15.8 Å². The van der Waals surface area contributed by atoms with Crippen LogP contribution in [0.4, 0.5) is 0 Å². The van der Waals surface area contributed by atoms with Crippen LogP contribution in [0.15, 0.2) is 29.2 Å². The fraction of sp³-hybridized carbons (Fsp3) is 0.462. The van der Waals surface area contributed by atoms with Crippen molar-refractivity contribution in [2.75, 3.05) is 19.9 Å². The minimum Gasteiger partial charge on any atom is -0.496 e. The molecule has 0 spiro atoms. The van der Waals surface area contributed by atoms with Crippen LogP contribution in [-0.2, 0) is 4.79 Å². The van der Waals surface area contributed by atoms with E-state index in [0.717, 1.165) is 16.4 Å². The predicted molar refractivity (Wildman–Crippen MR) is 75.0 cm³/mol. The minimum absolute atomic E-state index is 0.328. The van der Waals surface area contributed by atoms with Crippen LogP contribution in [0.1, 0.15) is 13.3 Å². The molecule has 0 heterocycles. The molecule has 18 heavy (non-hydrogen) atoms. The van der Waals surface area contributed by atoms with Gasteiger partial charge in [-0.25, -0.2) is 0 Å². The first-order valence-electron chi connectivity index (χ1n) is 5.78. The van der Waals surface area contributed by atoms with Gasteiger partial charge in [0.15, 0.2) is 0 Å². The number of amides is 1. The SMILES string of the molecule is CNC(C)(CCSc1ccccc1OC)C(N)=O. The van der Waals surface area contributed by atoms with Gasteiger partial charge in [-0.2, -0.15) is 0 Å². The van der Waals surface area contributed by atoms with Crippen LogP contribution in [0.3, 0.4) is 0 Å². The van der Waals surface area contributed by atoms with Crippen molar-refractivity contribution in [3.8, 4) is 5.75 Å². The molecule has 0 saturated carbocycles. The van der Waals surface area contributed by atoms with Gasteiger partial charge in [-0.1, -0.05) is 12.1 Å². The molecule has 0 saturated heterocycles. The maximum Gasteiger partial charge on any atom is 0.237 e. The zero-order valence-corrected chi connectivity index (χ0v) is 11.8. The molecule has 4 nitrogen and oxygen atoms in total. The third kappa shape index (κ3) is 3.65. The number of hydrogen-bond acceptors (Lipinski definition) is 4. The molecule has 1 rings (SSSR count). The van der Waals surface area contributed by atoms with Crippen LogP contribution in [-0.4, -0.2) is 31.4 Å². The first-order chi connectivity index (χ1) is 8.53. The van der Waals surface area contributed by atoms with E-state index < -0.39 is 5.54 Å². The number of hydrogen-bond donors (Lipinski definition) is 2. The fourth-order valence-electron chi connectivity index (χ4n) is 1.47. The molecule has 0 aliphatic rings. The summed E-state index contributed by atoms with van der Waals surface area (Å²) in [6.07, 6.45) is 0.668. The number of carbonyl (C=O) groups excluding carboxylic acids is 1. The molecule has 0 bridgehead atoms. The molecule has 0 fully saturated rings. The van der Waals surface area contributed by atoms with Gasteiger partial charge in [-0.05, 0) is 32.5 Å². The second kappa shape index (κ2) is 6.66. The van der Waals surface area contributed by atoms with Gasteiger partial charge in [-0.15, -0.1) is 11.8 Å². The van der Waals surface area contributed by atoms with Crippen molar-refractivity contribution in [3.05, 3.63) is 24.3 Å². The minimum atomic E-state index is -0.658. The number of nitrogens with one attached hydrogen (secondary N) is 1. The molecule has 1 aromatic rings. The van der Waals surface area contributed by atoms with E-state index in [1.807, 2.05) is 31.2 Å². The lowest BCUT2D eigenvalue weighted by atomic mass is 9.99. The van der Waals surface area contributed by atoms with Crippen LogP contribution in [0.5, 0.6) is 5.75 Å². The second-order valence-corrected chi connectivity index (χ2v) is 5.33. The van der Waals surface area contributed by atoms with Crippen LogP contribution in [0.2, 0.25) is 0 Å². The van der Waals surface area contributed by atoms with Gasteiger partial charge in [0.25, 0.3) is 0 Å². The van der Waals surface area contributed by atoms with Gasteiger partial charge in [0, 0.05) is 10.6 Å². The van der Waals surface area contributed by atoms with E-state index in [2.05, 4.69) is 5.32 Å². The van der Waals surface area contributed by atoms with Crippen molar-refractivity contribution in [2.45, 2.75) is 23.8 Å². The Kier molecular flexibility index (Phi) is 5.50. The van der Waals surface area contributed by atoms with Gasteiger partial charge in [-0.3, -0.25) is 4.79 Å². The molecule has 1 atom stereocenters. The Morgan fingerprint density at radius 2 is 2.17 bits per heavy atom. The lowest BCUT2D eigenvalue weighted by molar-refractivity contribution is -0.123. The number of primary amides is 1. The van der Waals surface area contributed by atoms with E-state index in [-0.39, 0.29) is 5.91 Å². The number of benzene rings is 1. The average Bonchev–Trinajstić information content (AvgIpc) is 2.38. The fourth-order valence-corrected chi connectivity index (χ4v) is 2.67. The summed E-state index contributed by atoms with van der Waals surface area (Å²) >= 11 is 1.66. The molecule has 1 unspecified atom stereocenters. The maximum atomic E-state index is 11.3. The number of rotatable bonds is 7. The highest BCUT2D eigenvalue weighted by molar-refractivity contribution is 7.99. The standard InChI is InChI=1S/C13H20N2O2S/c1-13(15-2,12(14)16)8-9-18-11-7-5-4-6-10(11)17-3/h4-7,15H,8-9H2,1-3H3,(H2,14,16). The van der Waals surface area contributed by atoms with E-state index in [9.17, 15) is 4.79 Å². The second-order valence-electron chi connectivity index (χ2n) is 4.20. The Morgan fingerprint density at radius 1 is 1.50 bits per heavy atom. The highest BCUT2D eigenvalue weighted by atomic mass is 32.2. The summed E-state index contributed by atoms with van der Waals surface area (Å²) in [4.78, 5) is 12.4. The Labute approximate surface area is 112 Å². The predicted octanol–water partition coefficient (Wildman–Crippen LogP) is 1.64. The number of ether oxygens (including phenoxy) is 1. The monoisotopic (exact) mass is 268 g/mol. The van der Waals surface area contributed by atoms with Crippen molar-refractivity contribution < 1.29 is 9.53 Å². The summed E-state index contributed by atoms with van der Waals surface area (Å²) in [6, 6.07) is 7.83. The van der Waals surface area contributed by atoms with Gasteiger partial charge in [0.05, 0.1) is 12.6 Å². The van der Waals surface area contributed by atoms with Gasteiger partial charge in [0.2, 0.25) is 5.91 Å². The van der Waals surface area contributed by atoms with Gasteiger partial charge >= 0.3 is 0 Å². The zero-order valence-electron chi connectivity index (χ0n) is 11.0. The molecule has 0 aliphatic carbocycles. The molecule has 1 aromatic carbocycles. The molecule has 100 valence electrons. The van der Waals surface area contributed by atoms with Crippen molar-refractivity contribution in [1.29, 1.82) is 0 Å². The van der Waals surface area contributed by atoms with E-state index in [4.69, 9.17) is 10.5 Å². The Bertz CT molecular complexity index is 412. The highest BCUT2D eigenvalue weighted by Crippen LogP contribution is 2.30. The number of para-hydroxylation sites is 1. The topological polar surface area (TPSA) is 64.3 Å². The quantitative estimate of drug-likeness (QED) is 0.738. The van der Waals surface area contributed by atoms with Crippen molar-refractivity contribution >= 4 is 17.7 Å². The summed E-state index contributed by atoms with van der Waals surface area (Å²) in [5.41, 5.74) is 4.72. The number of likely N-dealkylation sites (N-methyl/N-ethyl adjacent to an activating group) is 1. The molecular weight excluding hydrogens is 248 g/mol. The van der Waals surface area contributed by atoms with Crippen LogP contribution >= 0.6 is 11.8 Å². The van der Waals surface area contributed by atoms with Crippen LogP contribution < -0.4 is 15.8 Å². The first kappa shape index (κ1) is 14.9. The van der Waals surface area contributed by atoms with Crippen molar-refractivity contribution in [2.24, 2.45) is 5.73 Å². The third-order valence-electron chi connectivity index (χ3n) is 3.02. The number of carbonyl (C=O) groups is 1. The van der Waals surface area contributed by atoms with Crippen LogP contribution in [0, 0.1) is 0 Å². The molecular formula is C13H20N2O2S. The highest BCUT2D eigenvalue weighted by Gasteiger charge is 2.28. The summed E-state index contributed by atoms with van der Waals surface area (Å²) in [7, 11) is 3.40. The Hall–Kier alpha value is -1.20. The van der Waals surface area contributed by atoms with E-state index in [0.29, 0.717) is 6.42 Å². The molecule has 5 heteroatoms. The van der Waals surface area contributed by atoms with Crippen molar-refractivity contribution in [1.82, 2.24) is 5.32 Å². The van der Waals surface area contributed by atoms with E-state index in [1.165, 1.54) is 0 Å². The maximum absolute atomic E-state index is 11.3. The first-order valence-corrected chi connectivity index (χ1v) is 6.76. The van der Waals surface area contributed by atoms with Crippen LogP contribution in [0.25, 0.3) is 0 Å². The zero-order chi connectivity index (χ0) is 13.6. The van der Waals surface area contributed by atoms with Gasteiger partial charge in [0.1, 0.15) is 5.75 Å². The molecule has 3 N–H and O–H groups in total. The Balaban J connectivity index is 2.58. The summed E-state index contributed by atoms with van der Waals surface area (Å²) in [6.45, 7) is 1.82. The van der Waals surface area contributed by atoms with E-state index >= 15 is 0 Å². The smallest absolute Gasteiger partial charge is 0.237 e. The summed E-state index contributed by atoms with van der Waals surface area (Å²) in [5.74, 6) is 1.32. The van der Waals surface area contributed by atoms with E-state index in [1.54, 1.807) is 25.9 Å². The van der Waals surface area contributed by atoms with Crippen molar-refractivity contribution in [3.63, 3.8) is 0 Å². The third-order valence-corrected chi connectivity index (χ3v) is 4.08. The molecule has 1 amide bonds. The molecule has 0 aliphatic heterocycles. The number of methoxy groups -OCH3 is 1. The largest absolute Gasteiger partial charge is 0.496 e. The normalized spacial score (nSPS) is 13.9. The lowest BCUT2D eigenvalue weighted by Gasteiger charge is -2.25. The Morgan fingerprint density at radius 3 is 2.72 bits per heavy atom.